The number of carbonyl (C=O) groups excluding carboxylic acids is 1. The highest BCUT2D eigenvalue weighted by Crippen LogP contribution is 2.27. The van der Waals surface area contributed by atoms with Gasteiger partial charge in [0.25, 0.3) is 11.6 Å². The maximum atomic E-state index is 13.4. The molecule has 0 fully saturated rings. The fraction of sp³-hybridized carbons (Fsp3) is 0.304. The Kier molecular flexibility index (Phi) is 7.02. The van der Waals surface area contributed by atoms with Crippen LogP contribution < -0.4 is 4.74 Å². The quantitative estimate of drug-likeness (QED) is 0.368. The summed E-state index contributed by atoms with van der Waals surface area (Å²) >= 11 is 0. The van der Waals surface area contributed by atoms with Gasteiger partial charge in [0.1, 0.15) is 11.4 Å². The summed E-state index contributed by atoms with van der Waals surface area (Å²) < 4.78 is 6.79. The van der Waals surface area contributed by atoms with Gasteiger partial charge >= 0.3 is 0 Å². The fourth-order valence-electron chi connectivity index (χ4n) is 3.41. The van der Waals surface area contributed by atoms with Gasteiger partial charge in [0, 0.05) is 30.8 Å². The predicted octanol–water partition coefficient (Wildman–Crippen LogP) is 4.72. The third-order valence-corrected chi connectivity index (χ3v) is 4.85. The van der Waals surface area contributed by atoms with Crippen LogP contribution >= 0.6 is 0 Å². The highest BCUT2D eigenvalue weighted by molar-refractivity contribution is 5.94. The lowest BCUT2D eigenvalue weighted by atomic mass is 10.1. The monoisotopic (exact) mass is 422 g/mol. The first-order valence-electron chi connectivity index (χ1n) is 10.3. The molecule has 3 rings (SSSR count). The number of ether oxygens (including phenoxy) is 1. The molecule has 1 heterocycles. The number of amides is 1. The van der Waals surface area contributed by atoms with Gasteiger partial charge in [-0.25, -0.2) is 4.68 Å². The number of non-ortho nitro benzene ring substituents is 1. The minimum atomic E-state index is -0.460. The molecular formula is C23H26N4O4. The molecule has 1 amide bonds. The van der Waals surface area contributed by atoms with Gasteiger partial charge < -0.3 is 9.64 Å². The molecule has 0 N–H and O–H groups in total. The van der Waals surface area contributed by atoms with Crippen molar-refractivity contribution in [1.82, 2.24) is 14.7 Å². The van der Waals surface area contributed by atoms with Crippen molar-refractivity contribution in [3.63, 3.8) is 0 Å². The molecule has 0 spiro atoms. The van der Waals surface area contributed by atoms with Gasteiger partial charge in [-0.05, 0) is 37.1 Å². The van der Waals surface area contributed by atoms with Crippen molar-refractivity contribution in [2.45, 2.75) is 26.7 Å². The van der Waals surface area contributed by atoms with E-state index in [0.29, 0.717) is 35.9 Å². The normalized spacial score (nSPS) is 10.7. The van der Waals surface area contributed by atoms with Crippen molar-refractivity contribution in [1.29, 1.82) is 0 Å². The van der Waals surface area contributed by atoms with E-state index in [1.54, 1.807) is 30.2 Å². The summed E-state index contributed by atoms with van der Waals surface area (Å²) in [6.07, 6.45) is 1.67. The van der Waals surface area contributed by atoms with Crippen LogP contribution in [-0.4, -0.2) is 45.7 Å². The molecule has 31 heavy (non-hydrogen) atoms. The average molecular weight is 422 g/mol. The number of hydrogen-bond acceptors (Lipinski definition) is 5. The molecule has 0 atom stereocenters. The molecule has 0 unspecified atom stereocenters. The van der Waals surface area contributed by atoms with Gasteiger partial charge in [0.05, 0.1) is 23.4 Å². The Morgan fingerprint density at radius 3 is 2.45 bits per heavy atom. The second-order valence-electron chi connectivity index (χ2n) is 7.13. The minimum absolute atomic E-state index is 0.0618. The van der Waals surface area contributed by atoms with Crippen LogP contribution in [0.25, 0.3) is 16.9 Å². The van der Waals surface area contributed by atoms with E-state index in [2.05, 4.69) is 5.10 Å². The Morgan fingerprint density at radius 2 is 1.81 bits per heavy atom. The van der Waals surface area contributed by atoms with Gasteiger partial charge in [0.15, 0.2) is 0 Å². The number of carbonyl (C=O) groups is 1. The van der Waals surface area contributed by atoms with E-state index in [0.717, 1.165) is 18.4 Å². The second-order valence-corrected chi connectivity index (χ2v) is 7.13. The van der Waals surface area contributed by atoms with Crippen LogP contribution in [0.3, 0.4) is 0 Å². The third kappa shape index (κ3) is 4.91. The Balaban J connectivity index is 2.15. The third-order valence-electron chi connectivity index (χ3n) is 4.85. The van der Waals surface area contributed by atoms with Crippen LogP contribution in [0, 0.1) is 10.1 Å². The fourth-order valence-corrected chi connectivity index (χ4v) is 3.41. The summed E-state index contributed by atoms with van der Waals surface area (Å²) in [5.74, 6) is 0.519. The number of rotatable bonds is 9. The van der Waals surface area contributed by atoms with Crippen LogP contribution in [0.2, 0.25) is 0 Å². The molecule has 0 saturated carbocycles. The number of aromatic nitrogens is 2. The van der Waals surface area contributed by atoms with Crippen molar-refractivity contribution in [3.8, 4) is 22.7 Å². The average Bonchev–Trinajstić information content (AvgIpc) is 3.24. The van der Waals surface area contributed by atoms with Crippen molar-refractivity contribution >= 4 is 11.6 Å². The maximum absolute atomic E-state index is 13.4. The van der Waals surface area contributed by atoms with E-state index in [1.807, 2.05) is 38.1 Å². The number of nitro groups is 1. The van der Waals surface area contributed by atoms with E-state index in [1.165, 1.54) is 16.8 Å². The van der Waals surface area contributed by atoms with Crippen LogP contribution in [0.15, 0.2) is 54.6 Å². The molecule has 1 aromatic heterocycles. The Hall–Kier alpha value is -3.68. The molecule has 2 aromatic carbocycles. The largest absolute Gasteiger partial charge is 0.497 e. The van der Waals surface area contributed by atoms with Crippen molar-refractivity contribution in [2.75, 3.05) is 20.2 Å². The summed E-state index contributed by atoms with van der Waals surface area (Å²) in [5.41, 5.74) is 2.13. The molecule has 8 heteroatoms. The minimum Gasteiger partial charge on any atom is -0.497 e. The van der Waals surface area contributed by atoms with Gasteiger partial charge in [-0.3, -0.25) is 14.9 Å². The lowest BCUT2D eigenvalue weighted by Crippen LogP contribution is -2.33. The zero-order valence-corrected chi connectivity index (χ0v) is 17.9. The first kappa shape index (κ1) is 22.0. The van der Waals surface area contributed by atoms with Gasteiger partial charge in [0.2, 0.25) is 0 Å². The molecule has 8 nitrogen and oxygen atoms in total. The number of methoxy groups -OCH3 is 1. The first-order chi connectivity index (χ1) is 15.0. The zero-order valence-electron chi connectivity index (χ0n) is 17.9. The molecular weight excluding hydrogens is 396 g/mol. The van der Waals surface area contributed by atoms with Crippen LogP contribution in [0.1, 0.15) is 37.2 Å². The van der Waals surface area contributed by atoms with Gasteiger partial charge in [-0.1, -0.05) is 32.0 Å². The van der Waals surface area contributed by atoms with Crippen LogP contribution in [0.5, 0.6) is 5.75 Å². The van der Waals surface area contributed by atoms with Gasteiger partial charge in [-0.15, -0.1) is 0 Å². The second kappa shape index (κ2) is 9.88. The summed E-state index contributed by atoms with van der Waals surface area (Å²) in [6.45, 7) is 5.30. The van der Waals surface area contributed by atoms with Crippen LogP contribution in [-0.2, 0) is 0 Å². The van der Waals surface area contributed by atoms with Crippen LogP contribution in [0.4, 0.5) is 5.69 Å². The van der Waals surface area contributed by atoms with E-state index in [9.17, 15) is 14.9 Å². The Morgan fingerprint density at radius 1 is 1.10 bits per heavy atom. The van der Waals surface area contributed by atoms with E-state index in [4.69, 9.17) is 4.74 Å². The van der Waals surface area contributed by atoms with Gasteiger partial charge in [-0.2, -0.15) is 5.10 Å². The number of nitro benzene ring substituents is 1. The van der Waals surface area contributed by atoms with Crippen molar-refractivity contribution in [2.24, 2.45) is 0 Å². The SMILES string of the molecule is CCCN(CCC)C(=O)c1cc(-c2cccc(OC)c2)nn1-c1cccc([N+](=O)[O-])c1. The molecule has 0 bridgehead atoms. The Labute approximate surface area is 181 Å². The Bertz CT molecular complexity index is 1070. The number of hydrogen-bond donors (Lipinski definition) is 0. The molecule has 162 valence electrons. The maximum Gasteiger partial charge on any atom is 0.272 e. The van der Waals surface area contributed by atoms with E-state index in [-0.39, 0.29) is 11.6 Å². The van der Waals surface area contributed by atoms with Crippen molar-refractivity contribution < 1.29 is 14.5 Å². The summed E-state index contributed by atoms with van der Waals surface area (Å²) in [4.78, 5) is 26.0. The molecule has 3 aromatic rings. The highest BCUT2D eigenvalue weighted by atomic mass is 16.6. The topological polar surface area (TPSA) is 90.5 Å². The molecule has 0 radical (unpaired) electrons. The van der Waals surface area contributed by atoms with E-state index < -0.39 is 4.92 Å². The predicted molar refractivity (Wildman–Crippen MR) is 119 cm³/mol. The smallest absolute Gasteiger partial charge is 0.272 e. The summed E-state index contributed by atoms with van der Waals surface area (Å²) in [5, 5.41) is 15.9. The van der Waals surface area contributed by atoms with Crippen molar-refractivity contribution in [3.05, 3.63) is 70.4 Å². The molecule has 0 aliphatic heterocycles. The number of nitrogens with zero attached hydrogens (tertiary/aromatic N) is 4. The molecule has 0 aliphatic carbocycles. The molecule has 0 saturated heterocycles. The zero-order chi connectivity index (χ0) is 22.4. The first-order valence-corrected chi connectivity index (χ1v) is 10.3. The number of benzene rings is 2. The lowest BCUT2D eigenvalue weighted by Gasteiger charge is -2.21. The van der Waals surface area contributed by atoms with E-state index >= 15 is 0 Å². The highest BCUT2D eigenvalue weighted by Gasteiger charge is 2.23. The summed E-state index contributed by atoms with van der Waals surface area (Å²) in [6, 6.07) is 15.3. The molecule has 0 aliphatic rings. The lowest BCUT2D eigenvalue weighted by molar-refractivity contribution is -0.384. The standard InChI is InChI=1S/C23H26N4O4/c1-4-12-25(13-5-2)23(28)22-16-21(17-8-6-11-20(14-17)31-3)24-26(22)18-9-7-10-19(15-18)27(29)30/h6-11,14-16H,4-5,12-13H2,1-3H3. The summed E-state index contributed by atoms with van der Waals surface area (Å²) in [7, 11) is 1.59.